The Morgan fingerprint density at radius 1 is 1.19 bits per heavy atom. The zero-order valence-corrected chi connectivity index (χ0v) is 17.0. The quantitative estimate of drug-likeness (QED) is 0.470. The second-order valence-corrected chi connectivity index (χ2v) is 7.92. The summed E-state index contributed by atoms with van der Waals surface area (Å²) >= 11 is 0. The molecule has 0 saturated carbocycles. The van der Waals surface area contributed by atoms with Gasteiger partial charge in [-0.3, -0.25) is 4.79 Å². The highest BCUT2D eigenvalue weighted by Gasteiger charge is 2.52. The molecule has 1 saturated heterocycles. The molecular formula is C20H26BNO5. The van der Waals surface area contributed by atoms with E-state index < -0.39 is 24.3 Å². The molecule has 0 aliphatic carbocycles. The van der Waals surface area contributed by atoms with Gasteiger partial charge in [0.05, 0.1) is 29.1 Å². The van der Waals surface area contributed by atoms with Gasteiger partial charge in [0.1, 0.15) is 0 Å². The van der Waals surface area contributed by atoms with E-state index in [0.717, 1.165) is 5.46 Å². The maximum absolute atomic E-state index is 12.4. The van der Waals surface area contributed by atoms with E-state index in [1.54, 1.807) is 24.3 Å². The molecule has 1 fully saturated rings. The van der Waals surface area contributed by atoms with Crippen LogP contribution in [0, 0.1) is 6.92 Å². The highest BCUT2D eigenvalue weighted by Crippen LogP contribution is 2.37. The highest BCUT2D eigenvalue weighted by atomic mass is 16.7. The van der Waals surface area contributed by atoms with Gasteiger partial charge in [-0.25, -0.2) is 4.79 Å². The third kappa shape index (κ3) is 3.09. The number of rotatable bonds is 4. The summed E-state index contributed by atoms with van der Waals surface area (Å²) in [6.45, 7) is 13.2. The summed E-state index contributed by atoms with van der Waals surface area (Å²) in [5.74, 6) is -0.569. The monoisotopic (exact) mass is 371 g/mol. The van der Waals surface area contributed by atoms with Crippen LogP contribution in [0.3, 0.4) is 0 Å². The van der Waals surface area contributed by atoms with Crippen molar-refractivity contribution in [2.45, 2.75) is 59.7 Å². The van der Waals surface area contributed by atoms with Crippen molar-refractivity contribution >= 4 is 29.9 Å². The van der Waals surface area contributed by atoms with Crippen LogP contribution >= 0.6 is 0 Å². The van der Waals surface area contributed by atoms with Crippen molar-refractivity contribution < 1.29 is 23.6 Å². The van der Waals surface area contributed by atoms with E-state index in [-0.39, 0.29) is 12.4 Å². The number of carbonyl (C=O) groups is 2. The molecule has 0 amide bonds. The number of Topliss-reactive ketones (excluding diaryl/α,β-unsaturated/α-hetero) is 1. The van der Waals surface area contributed by atoms with E-state index in [0.29, 0.717) is 22.3 Å². The summed E-state index contributed by atoms with van der Waals surface area (Å²) in [7, 11) is -0.586. The average molecular weight is 371 g/mol. The molecule has 2 aromatic rings. The Balaban J connectivity index is 2.20. The number of ether oxygens (including phenoxy) is 1. The topological polar surface area (TPSA) is 66.2 Å². The van der Waals surface area contributed by atoms with E-state index >= 15 is 0 Å². The molecule has 0 aromatic carbocycles. The van der Waals surface area contributed by atoms with E-state index in [1.165, 1.54) is 6.92 Å². The maximum atomic E-state index is 12.4. The van der Waals surface area contributed by atoms with E-state index in [9.17, 15) is 9.59 Å². The van der Waals surface area contributed by atoms with Crippen molar-refractivity contribution in [3.8, 4) is 0 Å². The first kappa shape index (κ1) is 19.6. The number of nitrogens with zero attached hydrogens (tertiary/aromatic N) is 1. The van der Waals surface area contributed by atoms with Gasteiger partial charge < -0.3 is 18.4 Å². The molecular weight excluding hydrogens is 345 g/mol. The Morgan fingerprint density at radius 2 is 1.78 bits per heavy atom. The van der Waals surface area contributed by atoms with Crippen molar-refractivity contribution in [1.29, 1.82) is 0 Å². The molecule has 1 aliphatic heterocycles. The van der Waals surface area contributed by atoms with Crippen LogP contribution in [0.2, 0.25) is 0 Å². The minimum absolute atomic E-state index is 0.125. The zero-order valence-electron chi connectivity index (χ0n) is 17.0. The molecule has 0 N–H and O–H groups in total. The fraction of sp³-hybridized carbons (Fsp3) is 0.500. The van der Waals surface area contributed by atoms with Gasteiger partial charge >= 0.3 is 13.1 Å². The fourth-order valence-corrected chi connectivity index (χ4v) is 3.38. The van der Waals surface area contributed by atoms with Crippen LogP contribution in [0.15, 0.2) is 18.3 Å². The standard InChI is InChI=1S/C20H26BNO5/c1-8-25-18(24)14-11-16-15(21-26-19(4,5)20(6,7)27-21)9-10-22(16)17(12(14)2)13(3)23/h9-11H,8H2,1-7H3. The number of hydrogen-bond acceptors (Lipinski definition) is 5. The lowest BCUT2D eigenvalue weighted by Crippen LogP contribution is -2.41. The second-order valence-electron chi connectivity index (χ2n) is 7.92. The van der Waals surface area contributed by atoms with Crippen molar-refractivity contribution in [3.63, 3.8) is 0 Å². The first-order valence-electron chi connectivity index (χ1n) is 9.18. The first-order valence-corrected chi connectivity index (χ1v) is 9.18. The smallest absolute Gasteiger partial charge is 0.462 e. The third-order valence-corrected chi connectivity index (χ3v) is 5.58. The normalized spacial score (nSPS) is 18.1. The molecule has 27 heavy (non-hydrogen) atoms. The van der Waals surface area contributed by atoms with E-state index in [2.05, 4.69) is 0 Å². The molecule has 0 bridgehead atoms. The van der Waals surface area contributed by atoms with Gasteiger partial charge in [-0.15, -0.1) is 0 Å². The van der Waals surface area contributed by atoms with Crippen molar-refractivity contribution in [2.75, 3.05) is 6.61 Å². The minimum Gasteiger partial charge on any atom is -0.462 e. The predicted molar refractivity (Wildman–Crippen MR) is 104 cm³/mol. The number of carbonyl (C=O) groups excluding carboxylic acids is 2. The summed E-state index contributed by atoms with van der Waals surface area (Å²) in [6.07, 6.45) is 1.81. The lowest BCUT2D eigenvalue weighted by Gasteiger charge is -2.32. The van der Waals surface area contributed by atoms with E-state index in [1.807, 2.05) is 40.0 Å². The number of aromatic nitrogens is 1. The summed E-state index contributed by atoms with van der Waals surface area (Å²) in [5, 5.41) is 0. The number of fused-ring (bicyclic) bond motifs is 1. The predicted octanol–water partition coefficient (Wildman–Crippen LogP) is 2.93. The van der Waals surface area contributed by atoms with Crippen LogP contribution in [-0.2, 0) is 14.0 Å². The summed E-state index contributed by atoms with van der Waals surface area (Å²) < 4.78 is 19.3. The Kier molecular flexibility index (Phi) is 4.72. The number of ketones is 1. The lowest BCUT2D eigenvalue weighted by atomic mass is 9.79. The summed E-state index contributed by atoms with van der Waals surface area (Å²) in [4.78, 5) is 24.8. The molecule has 0 atom stereocenters. The van der Waals surface area contributed by atoms with Crippen LogP contribution < -0.4 is 5.46 Å². The Hall–Kier alpha value is -2.12. The van der Waals surface area contributed by atoms with Crippen LogP contribution in [-0.4, -0.2) is 41.1 Å². The molecule has 2 aromatic heterocycles. The van der Waals surface area contributed by atoms with Gasteiger partial charge in [-0.05, 0) is 59.2 Å². The molecule has 3 heterocycles. The van der Waals surface area contributed by atoms with Crippen LogP contribution in [0.1, 0.15) is 68.0 Å². The zero-order chi connectivity index (χ0) is 20.1. The van der Waals surface area contributed by atoms with Gasteiger partial charge in [0, 0.05) is 24.1 Å². The van der Waals surface area contributed by atoms with E-state index in [4.69, 9.17) is 14.0 Å². The summed E-state index contributed by atoms with van der Waals surface area (Å²) in [5.41, 5.74) is 1.96. The molecule has 0 spiro atoms. The maximum Gasteiger partial charge on any atom is 0.497 e. The Labute approximate surface area is 159 Å². The van der Waals surface area contributed by atoms with Gasteiger partial charge in [-0.1, -0.05) is 0 Å². The molecule has 1 aliphatic rings. The van der Waals surface area contributed by atoms with Crippen molar-refractivity contribution in [3.05, 3.63) is 35.2 Å². The van der Waals surface area contributed by atoms with Gasteiger partial charge in [0.15, 0.2) is 5.78 Å². The average Bonchev–Trinajstić information content (AvgIpc) is 3.04. The lowest BCUT2D eigenvalue weighted by molar-refractivity contribution is 0.00578. The number of pyridine rings is 1. The first-order chi connectivity index (χ1) is 12.5. The fourth-order valence-electron chi connectivity index (χ4n) is 3.38. The Bertz CT molecular complexity index is 912. The van der Waals surface area contributed by atoms with Crippen LogP contribution in [0.25, 0.3) is 5.52 Å². The molecule has 3 rings (SSSR count). The van der Waals surface area contributed by atoms with Crippen LogP contribution in [0.5, 0.6) is 0 Å². The number of hydrogen-bond donors (Lipinski definition) is 0. The summed E-state index contributed by atoms with van der Waals surface area (Å²) in [6, 6.07) is 3.62. The molecule has 0 unspecified atom stereocenters. The Morgan fingerprint density at radius 3 is 2.30 bits per heavy atom. The van der Waals surface area contributed by atoms with Gasteiger partial charge in [-0.2, -0.15) is 0 Å². The highest BCUT2D eigenvalue weighted by molar-refractivity contribution is 6.64. The van der Waals surface area contributed by atoms with Crippen LogP contribution in [0.4, 0.5) is 0 Å². The molecule has 6 nitrogen and oxygen atoms in total. The SMILES string of the molecule is CCOC(=O)c1cc2c(B3OC(C)(C)C(C)(C)O3)ccn2c(C(C)=O)c1C. The largest absolute Gasteiger partial charge is 0.497 e. The van der Waals surface area contributed by atoms with Crippen molar-refractivity contribution in [2.24, 2.45) is 0 Å². The molecule has 0 radical (unpaired) electrons. The third-order valence-electron chi connectivity index (χ3n) is 5.58. The molecule has 144 valence electrons. The minimum atomic E-state index is -0.586. The van der Waals surface area contributed by atoms with Gasteiger partial charge in [0.25, 0.3) is 0 Å². The van der Waals surface area contributed by atoms with Crippen molar-refractivity contribution in [1.82, 2.24) is 4.40 Å². The molecule has 7 heteroatoms. The van der Waals surface area contributed by atoms with Gasteiger partial charge in [0.2, 0.25) is 0 Å². The second kappa shape index (κ2) is 6.50. The number of esters is 1.